The molecular formula is C12H13NO4. The Morgan fingerprint density at radius 2 is 1.71 bits per heavy atom. The number of rotatable bonds is 5. The minimum atomic E-state index is -1.58. The number of carbonyl (C=O) groups is 2. The Kier molecular flexibility index (Phi) is 4.39. The molecule has 0 aliphatic carbocycles. The Morgan fingerprint density at radius 3 is 2.12 bits per heavy atom. The van der Waals surface area contributed by atoms with Crippen LogP contribution >= 0.6 is 0 Å². The van der Waals surface area contributed by atoms with Crippen LogP contribution in [0.2, 0.25) is 0 Å². The van der Waals surface area contributed by atoms with E-state index in [1.807, 2.05) is 0 Å². The predicted octanol–water partition coefficient (Wildman–Crippen LogP) is 1.95. The molecule has 0 spiro atoms. The zero-order chi connectivity index (χ0) is 12.8. The number of hydrogen-bond donors (Lipinski definition) is 2. The Labute approximate surface area is 98.4 Å². The molecule has 0 bridgehead atoms. The smallest absolute Gasteiger partial charge is 0.323 e. The maximum absolute atomic E-state index is 10.9. The van der Waals surface area contributed by atoms with Crippen LogP contribution < -0.4 is 0 Å². The molecule has 0 radical (unpaired) electrons. The molecule has 1 aromatic carbocycles. The molecule has 1 rings (SSSR count). The molecular weight excluding hydrogens is 222 g/mol. The highest BCUT2D eigenvalue weighted by Crippen LogP contribution is 2.15. The van der Waals surface area contributed by atoms with Crippen molar-refractivity contribution in [1.82, 2.24) is 0 Å². The van der Waals surface area contributed by atoms with Crippen LogP contribution in [0.5, 0.6) is 0 Å². The SMILES string of the molecule is CCC(=Nc1ccccc1)C(C(=O)O)C(=O)O. The van der Waals surface area contributed by atoms with Crippen LogP contribution in [0.25, 0.3) is 0 Å². The molecule has 1 aromatic rings. The van der Waals surface area contributed by atoms with Crippen molar-refractivity contribution >= 4 is 23.3 Å². The third-order valence-electron chi connectivity index (χ3n) is 2.22. The van der Waals surface area contributed by atoms with Gasteiger partial charge in [0.05, 0.1) is 5.69 Å². The Morgan fingerprint density at radius 1 is 1.18 bits per heavy atom. The normalized spacial score (nSPS) is 11.5. The third kappa shape index (κ3) is 3.41. The molecule has 0 atom stereocenters. The van der Waals surface area contributed by atoms with Crippen molar-refractivity contribution in [3.05, 3.63) is 30.3 Å². The van der Waals surface area contributed by atoms with E-state index in [2.05, 4.69) is 4.99 Å². The molecule has 0 amide bonds. The fourth-order valence-electron chi connectivity index (χ4n) is 1.41. The van der Waals surface area contributed by atoms with E-state index in [1.165, 1.54) is 0 Å². The molecule has 90 valence electrons. The molecule has 5 heteroatoms. The summed E-state index contributed by atoms with van der Waals surface area (Å²) >= 11 is 0. The highest BCUT2D eigenvalue weighted by atomic mass is 16.4. The van der Waals surface area contributed by atoms with Crippen LogP contribution in [0, 0.1) is 5.92 Å². The van der Waals surface area contributed by atoms with Crippen molar-refractivity contribution in [3.63, 3.8) is 0 Å². The van der Waals surface area contributed by atoms with Gasteiger partial charge in [0.25, 0.3) is 0 Å². The topological polar surface area (TPSA) is 87.0 Å². The molecule has 0 unspecified atom stereocenters. The maximum Gasteiger partial charge on any atom is 0.323 e. The fourth-order valence-corrected chi connectivity index (χ4v) is 1.41. The van der Waals surface area contributed by atoms with Gasteiger partial charge in [0.15, 0.2) is 5.92 Å². The van der Waals surface area contributed by atoms with E-state index < -0.39 is 17.9 Å². The van der Waals surface area contributed by atoms with Gasteiger partial charge in [-0.25, -0.2) is 0 Å². The summed E-state index contributed by atoms with van der Waals surface area (Å²) in [7, 11) is 0. The van der Waals surface area contributed by atoms with Gasteiger partial charge >= 0.3 is 11.9 Å². The van der Waals surface area contributed by atoms with Gasteiger partial charge in [-0.3, -0.25) is 14.6 Å². The minimum Gasteiger partial charge on any atom is -0.480 e. The molecule has 0 saturated carbocycles. The van der Waals surface area contributed by atoms with Crippen molar-refractivity contribution < 1.29 is 19.8 Å². The molecule has 5 nitrogen and oxygen atoms in total. The van der Waals surface area contributed by atoms with E-state index in [-0.39, 0.29) is 12.1 Å². The van der Waals surface area contributed by atoms with Crippen molar-refractivity contribution in [2.75, 3.05) is 0 Å². The van der Waals surface area contributed by atoms with Crippen molar-refractivity contribution in [2.24, 2.45) is 10.9 Å². The Balaban J connectivity index is 3.09. The van der Waals surface area contributed by atoms with E-state index in [1.54, 1.807) is 37.3 Å². The van der Waals surface area contributed by atoms with Crippen LogP contribution in [0.1, 0.15) is 13.3 Å². The molecule has 0 saturated heterocycles. The van der Waals surface area contributed by atoms with Gasteiger partial charge in [0, 0.05) is 5.71 Å². The van der Waals surface area contributed by atoms with Gasteiger partial charge in [-0.05, 0) is 18.6 Å². The summed E-state index contributed by atoms with van der Waals surface area (Å²) in [5.41, 5.74) is 0.688. The second-order valence-corrected chi connectivity index (χ2v) is 3.40. The van der Waals surface area contributed by atoms with Crippen LogP contribution in [0.3, 0.4) is 0 Å². The number of carboxylic acid groups (broad SMARTS) is 2. The lowest BCUT2D eigenvalue weighted by Crippen LogP contribution is -2.31. The first-order chi connectivity index (χ1) is 8.06. The molecule has 17 heavy (non-hydrogen) atoms. The zero-order valence-electron chi connectivity index (χ0n) is 9.33. The van der Waals surface area contributed by atoms with E-state index in [0.29, 0.717) is 5.69 Å². The van der Waals surface area contributed by atoms with E-state index in [4.69, 9.17) is 10.2 Å². The monoisotopic (exact) mass is 235 g/mol. The second kappa shape index (κ2) is 5.79. The number of nitrogens with zero attached hydrogens (tertiary/aromatic N) is 1. The molecule has 0 aliphatic rings. The summed E-state index contributed by atoms with van der Waals surface area (Å²) in [4.78, 5) is 25.8. The highest BCUT2D eigenvalue weighted by molar-refractivity contribution is 6.16. The number of para-hydroxylation sites is 1. The summed E-state index contributed by atoms with van der Waals surface area (Å²) in [5, 5.41) is 17.7. The Bertz CT molecular complexity index is 425. The van der Waals surface area contributed by atoms with Gasteiger partial charge in [0.2, 0.25) is 0 Å². The molecule has 0 aromatic heterocycles. The highest BCUT2D eigenvalue weighted by Gasteiger charge is 2.30. The summed E-state index contributed by atoms with van der Waals surface area (Å²) in [6.45, 7) is 1.68. The van der Waals surface area contributed by atoms with Crippen molar-refractivity contribution in [2.45, 2.75) is 13.3 Å². The first-order valence-corrected chi connectivity index (χ1v) is 5.14. The molecule has 0 fully saturated rings. The lowest BCUT2D eigenvalue weighted by Gasteiger charge is -2.09. The van der Waals surface area contributed by atoms with Gasteiger partial charge in [-0.2, -0.15) is 0 Å². The largest absolute Gasteiger partial charge is 0.480 e. The van der Waals surface area contributed by atoms with E-state index >= 15 is 0 Å². The second-order valence-electron chi connectivity index (χ2n) is 3.40. The summed E-state index contributed by atoms with van der Waals surface area (Å²) in [6.07, 6.45) is 0.276. The lowest BCUT2D eigenvalue weighted by molar-refractivity contribution is -0.150. The minimum absolute atomic E-state index is 0.135. The zero-order valence-corrected chi connectivity index (χ0v) is 9.33. The molecule has 0 aliphatic heterocycles. The van der Waals surface area contributed by atoms with Crippen LogP contribution in [-0.4, -0.2) is 27.9 Å². The first-order valence-electron chi connectivity index (χ1n) is 5.14. The number of hydrogen-bond acceptors (Lipinski definition) is 3. The number of carboxylic acids is 2. The lowest BCUT2D eigenvalue weighted by atomic mass is 10.0. The van der Waals surface area contributed by atoms with E-state index in [0.717, 1.165) is 0 Å². The van der Waals surface area contributed by atoms with Gasteiger partial charge in [-0.1, -0.05) is 25.1 Å². The number of aliphatic carboxylic acids is 2. The maximum atomic E-state index is 10.9. The summed E-state index contributed by atoms with van der Waals surface area (Å²) < 4.78 is 0. The molecule has 0 heterocycles. The average Bonchev–Trinajstić information content (AvgIpc) is 2.28. The predicted molar refractivity (Wildman–Crippen MR) is 62.6 cm³/mol. The fraction of sp³-hybridized carbons (Fsp3) is 0.250. The van der Waals surface area contributed by atoms with Crippen molar-refractivity contribution in [1.29, 1.82) is 0 Å². The van der Waals surface area contributed by atoms with Crippen LogP contribution in [0.15, 0.2) is 35.3 Å². The first kappa shape index (κ1) is 12.9. The average molecular weight is 235 g/mol. The quantitative estimate of drug-likeness (QED) is 0.603. The van der Waals surface area contributed by atoms with Crippen molar-refractivity contribution in [3.8, 4) is 0 Å². The van der Waals surface area contributed by atoms with Crippen LogP contribution in [0.4, 0.5) is 5.69 Å². The summed E-state index contributed by atoms with van der Waals surface area (Å²) in [5.74, 6) is -4.37. The van der Waals surface area contributed by atoms with Gasteiger partial charge in [-0.15, -0.1) is 0 Å². The number of aliphatic imine (C=N–C) groups is 1. The van der Waals surface area contributed by atoms with E-state index in [9.17, 15) is 9.59 Å². The number of benzene rings is 1. The summed E-state index contributed by atoms with van der Waals surface area (Å²) in [6, 6.07) is 8.69. The standard InChI is InChI=1S/C12H13NO4/c1-2-9(10(11(14)15)12(16)17)13-8-6-4-3-5-7-8/h3-7,10H,2H2,1H3,(H,14,15)(H,16,17). The van der Waals surface area contributed by atoms with Crippen LogP contribution in [-0.2, 0) is 9.59 Å². The third-order valence-corrected chi connectivity index (χ3v) is 2.22. The Hall–Kier alpha value is -2.17. The van der Waals surface area contributed by atoms with Gasteiger partial charge < -0.3 is 10.2 Å². The molecule has 2 N–H and O–H groups in total. The van der Waals surface area contributed by atoms with Gasteiger partial charge in [0.1, 0.15) is 0 Å².